The van der Waals surface area contributed by atoms with Crippen LogP contribution in [0.4, 0.5) is 0 Å². The number of hydrogen-bond acceptors (Lipinski definition) is 3. The Morgan fingerprint density at radius 3 is 2.04 bits per heavy atom. The Labute approximate surface area is 160 Å². The lowest BCUT2D eigenvalue weighted by Crippen LogP contribution is -2.61. The van der Waals surface area contributed by atoms with E-state index in [2.05, 4.69) is 0 Å². The molecule has 5 aliphatic rings. The molecule has 1 unspecified atom stereocenters. The van der Waals surface area contributed by atoms with Gasteiger partial charge in [-0.1, -0.05) is 29.8 Å². The van der Waals surface area contributed by atoms with Gasteiger partial charge in [-0.25, -0.2) is 0 Å². The number of carbonyl (C=O) groups excluding carboxylic acids is 2. The lowest BCUT2D eigenvalue weighted by Gasteiger charge is -2.60. The first-order valence-electron chi connectivity index (χ1n) is 10.2. The predicted molar refractivity (Wildman–Crippen MR) is 102 cm³/mol. The Morgan fingerprint density at radius 1 is 1.04 bits per heavy atom. The summed E-state index contributed by atoms with van der Waals surface area (Å²) in [6.45, 7) is 3.49. The molecule has 1 aliphatic heterocycles. The molecule has 4 fully saturated rings. The molecule has 142 valence electrons. The number of aliphatic hydroxyl groups excluding tert-OH is 1. The lowest BCUT2D eigenvalue weighted by molar-refractivity contribution is -0.150. The standard InChI is InChI=1S/C23H27NO3/c1-13-3-5-18(6-4-13)20-19(14(2)25)21(26)22(27)24(20)23-10-15-7-16(11-23)9-17(8-15)12-23/h3-6,15-17,20,26H,7-12H2,1-2H3. The van der Waals surface area contributed by atoms with E-state index < -0.39 is 6.04 Å². The second kappa shape index (κ2) is 5.70. The fourth-order valence-electron chi connectivity index (χ4n) is 6.88. The molecular weight excluding hydrogens is 338 g/mol. The quantitative estimate of drug-likeness (QED) is 0.871. The normalized spacial score (nSPS) is 37.4. The first-order chi connectivity index (χ1) is 12.9. The zero-order valence-corrected chi connectivity index (χ0v) is 16.1. The second-order valence-corrected chi connectivity index (χ2v) is 9.45. The van der Waals surface area contributed by atoms with Crippen molar-refractivity contribution in [2.75, 3.05) is 0 Å². The van der Waals surface area contributed by atoms with Gasteiger partial charge in [-0.2, -0.15) is 0 Å². The molecule has 4 heteroatoms. The van der Waals surface area contributed by atoms with Crippen molar-refractivity contribution in [3.8, 4) is 0 Å². The zero-order chi connectivity index (χ0) is 18.9. The molecule has 4 bridgehead atoms. The van der Waals surface area contributed by atoms with Crippen LogP contribution in [0.5, 0.6) is 0 Å². The molecule has 4 nitrogen and oxygen atoms in total. The van der Waals surface area contributed by atoms with Crippen molar-refractivity contribution < 1.29 is 14.7 Å². The maximum Gasteiger partial charge on any atom is 0.290 e. The third kappa shape index (κ3) is 2.41. The summed E-state index contributed by atoms with van der Waals surface area (Å²) in [5.41, 5.74) is 2.15. The van der Waals surface area contributed by atoms with Gasteiger partial charge in [0.15, 0.2) is 11.5 Å². The molecule has 6 rings (SSSR count). The first-order valence-corrected chi connectivity index (χ1v) is 10.2. The Bertz CT molecular complexity index is 816. The second-order valence-electron chi connectivity index (χ2n) is 9.45. The van der Waals surface area contributed by atoms with Gasteiger partial charge in [0.2, 0.25) is 0 Å². The highest BCUT2D eigenvalue weighted by Crippen LogP contribution is 2.60. The largest absolute Gasteiger partial charge is 0.503 e. The fraction of sp³-hybridized carbons (Fsp3) is 0.565. The van der Waals surface area contributed by atoms with Crippen molar-refractivity contribution in [3.63, 3.8) is 0 Å². The van der Waals surface area contributed by atoms with Crippen LogP contribution < -0.4 is 0 Å². The molecule has 4 saturated carbocycles. The number of ketones is 1. The number of carbonyl (C=O) groups is 2. The van der Waals surface area contributed by atoms with Gasteiger partial charge in [0.05, 0.1) is 11.6 Å². The highest BCUT2D eigenvalue weighted by atomic mass is 16.3. The van der Waals surface area contributed by atoms with Gasteiger partial charge >= 0.3 is 0 Å². The van der Waals surface area contributed by atoms with Gasteiger partial charge in [-0.15, -0.1) is 0 Å². The number of hydrogen-bond donors (Lipinski definition) is 1. The maximum atomic E-state index is 13.3. The summed E-state index contributed by atoms with van der Waals surface area (Å²) in [5, 5.41) is 10.7. The van der Waals surface area contributed by atoms with Crippen molar-refractivity contribution in [1.29, 1.82) is 0 Å². The highest BCUT2D eigenvalue weighted by Gasteiger charge is 2.59. The van der Waals surface area contributed by atoms with E-state index in [1.807, 2.05) is 36.1 Å². The average molecular weight is 365 g/mol. The predicted octanol–water partition coefficient (Wildman–Crippen LogP) is 4.25. The maximum absolute atomic E-state index is 13.3. The van der Waals surface area contributed by atoms with Crippen molar-refractivity contribution >= 4 is 11.7 Å². The van der Waals surface area contributed by atoms with Crippen molar-refractivity contribution in [2.45, 2.75) is 64.0 Å². The minimum absolute atomic E-state index is 0.202. The molecule has 0 spiro atoms. The van der Waals surface area contributed by atoms with Crippen LogP contribution in [-0.2, 0) is 9.59 Å². The number of aliphatic hydroxyl groups is 1. The van der Waals surface area contributed by atoms with E-state index in [0.717, 1.165) is 30.4 Å². The van der Waals surface area contributed by atoms with Crippen molar-refractivity contribution in [2.24, 2.45) is 17.8 Å². The van der Waals surface area contributed by atoms with E-state index in [1.54, 1.807) is 0 Å². The van der Waals surface area contributed by atoms with Crippen LogP contribution in [0.3, 0.4) is 0 Å². The Kier molecular flexibility index (Phi) is 3.59. The van der Waals surface area contributed by atoms with E-state index in [1.165, 1.54) is 26.2 Å². The summed E-state index contributed by atoms with van der Waals surface area (Å²) in [7, 11) is 0. The number of aryl methyl sites for hydroxylation is 1. The Balaban J connectivity index is 1.63. The van der Waals surface area contributed by atoms with Gasteiger partial charge < -0.3 is 10.0 Å². The monoisotopic (exact) mass is 365 g/mol. The van der Waals surface area contributed by atoms with Crippen LogP contribution in [0.2, 0.25) is 0 Å². The fourth-order valence-corrected chi connectivity index (χ4v) is 6.88. The topological polar surface area (TPSA) is 57.6 Å². The van der Waals surface area contributed by atoms with E-state index in [0.29, 0.717) is 17.8 Å². The summed E-state index contributed by atoms with van der Waals surface area (Å²) < 4.78 is 0. The molecule has 1 aromatic carbocycles. The molecule has 27 heavy (non-hydrogen) atoms. The van der Waals surface area contributed by atoms with Crippen molar-refractivity contribution in [1.82, 2.24) is 4.90 Å². The van der Waals surface area contributed by atoms with E-state index in [-0.39, 0.29) is 28.6 Å². The summed E-state index contributed by atoms with van der Waals surface area (Å²) in [4.78, 5) is 27.6. The van der Waals surface area contributed by atoms with Gasteiger partial charge in [0.1, 0.15) is 0 Å². The minimum atomic E-state index is -0.452. The highest BCUT2D eigenvalue weighted by molar-refractivity contribution is 6.08. The molecule has 1 aromatic rings. The summed E-state index contributed by atoms with van der Waals surface area (Å²) in [5.74, 6) is 1.18. The molecule has 1 N–H and O–H groups in total. The summed E-state index contributed by atoms with van der Waals surface area (Å²) in [6.07, 6.45) is 6.92. The molecule has 1 amide bonds. The molecule has 4 aliphatic carbocycles. The molecule has 0 saturated heterocycles. The zero-order valence-electron chi connectivity index (χ0n) is 16.1. The number of benzene rings is 1. The number of rotatable bonds is 3. The summed E-state index contributed by atoms with van der Waals surface area (Å²) in [6, 6.07) is 7.59. The van der Waals surface area contributed by atoms with Gasteiger partial charge in [0.25, 0.3) is 5.91 Å². The number of amides is 1. The third-order valence-electron chi connectivity index (χ3n) is 7.50. The van der Waals surface area contributed by atoms with Crippen LogP contribution in [0.15, 0.2) is 35.6 Å². The molecule has 0 aromatic heterocycles. The Hall–Kier alpha value is -2.10. The smallest absolute Gasteiger partial charge is 0.290 e. The van der Waals surface area contributed by atoms with Crippen LogP contribution in [0.1, 0.15) is 62.6 Å². The van der Waals surface area contributed by atoms with E-state index in [9.17, 15) is 14.7 Å². The van der Waals surface area contributed by atoms with E-state index >= 15 is 0 Å². The molecule has 1 heterocycles. The Morgan fingerprint density at radius 2 is 1.56 bits per heavy atom. The van der Waals surface area contributed by atoms with Crippen molar-refractivity contribution in [3.05, 3.63) is 46.7 Å². The van der Waals surface area contributed by atoms with Gasteiger partial charge in [0, 0.05) is 5.54 Å². The van der Waals surface area contributed by atoms with Gasteiger partial charge in [-0.3, -0.25) is 9.59 Å². The molecule has 0 radical (unpaired) electrons. The number of Topliss-reactive ketones (excluding diaryl/α,β-unsaturated/α-hetero) is 1. The number of nitrogens with zero attached hydrogens (tertiary/aromatic N) is 1. The lowest BCUT2D eigenvalue weighted by atomic mass is 9.52. The van der Waals surface area contributed by atoms with Crippen LogP contribution in [-0.4, -0.2) is 27.2 Å². The van der Waals surface area contributed by atoms with Crippen LogP contribution in [0, 0.1) is 24.7 Å². The minimum Gasteiger partial charge on any atom is -0.503 e. The average Bonchev–Trinajstić information content (AvgIpc) is 2.86. The first kappa shape index (κ1) is 17.0. The summed E-state index contributed by atoms with van der Waals surface area (Å²) >= 11 is 0. The molecular formula is C23H27NO3. The van der Waals surface area contributed by atoms with Crippen LogP contribution in [0.25, 0.3) is 0 Å². The van der Waals surface area contributed by atoms with Crippen LogP contribution >= 0.6 is 0 Å². The van der Waals surface area contributed by atoms with Gasteiger partial charge in [-0.05, 0) is 75.7 Å². The SMILES string of the molecule is CC(=O)C1=C(O)C(=O)N(C23CC4CC(CC(C4)C2)C3)C1c1ccc(C)cc1. The van der Waals surface area contributed by atoms with E-state index in [4.69, 9.17) is 0 Å². The third-order valence-corrected chi connectivity index (χ3v) is 7.50. The molecule has 1 atom stereocenters.